The van der Waals surface area contributed by atoms with Gasteiger partial charge in [0, 0.05) is 27.8 Å². The summed E-state index contributed by atoms with van der Waals surface area (Å²) >= 11 is 12.6. The molecule has 8 heteroatoms. The van der Waals surface area contributed by atoms with Crippen LogP contribution in [0.15, 0.2) is 42.0 Å². The second-order valence-electron chi connectivity index (χ2n) is 9.44. The van der Waals surface area contributed by atoms with Crippen molar-refractivity contribution >= 4 is 58.5 Å². The number of hydrogen-bond acceptors (Lipinski definition) is 4. The quantitative estimate of drug-likeness (QED) is 0.403. The lowest BCUT2D eigenvalue weighted by Gasteiger charge is -2.47. The zero-order chi connectivity index (χ0) is 24.8. The number of nitrogens with zero attached hydrogens (tertiary/aromatic N) is 2. The van der Waals surface area contributed by atoms with Gasteiger partial charge in [0.25, 0.3) is 11.8 Å². The lowest BCUT2D eigenvalue weighted by atomic mass is 9.79. The fraction of sp³-hybridized carbons (Fsp3) is 0.346. The van der Waals surface area contributed by atoms with E-state index in [1.807, 2.05) is 12.1 Å². The third-order valence-corrected chi connectivity index (χ3v) is 7.02. The number of carbonyl (C=O) groups is 3. The maximum absolute atomic E-state index is 13.2. The Kier molecular flexibility index (Phi) is 6.49. The Morgan fingerprint density at radius 3 is 2.44 bits per heavy atom. The number of fused-ring (bicyclic) bond motifs is 1. The van der Waals surface area contributed by atoms with E-state index in [2.05, 4.69) is 37.9 Å². The van der Waals surface area contributed by atoms with Crippen molar-refractivity contribution in [1.82, 2.24) is 5.32 Å². The average Bonchev–Trinajstić information content (AvgIpc) is 2.75. The number of urea groups is 1. The summed E-state index contributed by atoms with van der Waals surface area (Å²) in [7, 11) is 0. The van der Waals surface area contributed by atoms with Crippen LogP contribution in [0, 0.1) is 0 Å². The van der Waals surface area contributed by atoms with E-state index < -0.39 is 17.8 Å². The Balaban J connectivity index is 1.77. The number of imide groups is 2. The SMILES string of the molecule is CCCN1c2cc(Cl)c(/C=C3/C(=O)NC(=O)N(c4ccc(Cl)cc4)C3=O)cc2C(C)CC1(C)C. The van der Waals surface area contributed by atoms with Crippen molar-refractivity contribution in [3.05, 3.63) is 63.1 Å². The number of carbonyl (C=O) groups excluding carboxylic acids is 3. The van der Waals surface area contributed by atoms with Crippen LogP contribution in [0.25, 0.3) is 6.08 Å². The topological polar surface area (TPSA) is 69.7 Å². The number of barbiturate groups is 1. The second kappa shape index (κ2) is 9.08. The minimum Gasteiger partial charge on any atom is -0.366 e. The molecule has 1 atom stereocenters. The van der Waals surface area contributed by atoms with Crippen LogP contribution < -0.4 is 15.1 Å². The summed E-state index contributed by atoms with van der Waals surface area (Å²) in [5, 5.41) is 3.15. The smallest absolute Gasteiger partial charge is 0.335 e. The van der Waals surface area contributed by atoms with Crippen molar-refractivity contribution in [1.29, 1.82) is 0 Å². The molecule has 2 heterocycles. The molecule has 4 rings (SSSR count). The molecule has 2 aliphatic rings. The summed E-state index contributed by atoms with van der Waals surface area (Å²) in [6.07, 6.45) is 3.44. The first-order chi connectivity index (χ1) is 16.0. The highest BCUT2D eigenvalue weighted by Gasteiger charge is 2.38. The van der Waals surface area contributed by atoms with Gasteiger partial charge < -0.3 is 4.90 Å². The zero-order valence-electron chi connectivity index (χ0n) is 19.6. The molecule has 2 aliphatic heterocycles. The van der Waals surface area contributed by atoms with Crippen LogP contribution in [0.5, 0.6) is 0 Å². The summed E-state index contributed by atoms with van der Waals surface area (Å²) in [5.74, 6) is -1.20. The van der Waals surface area contributed by atoms with Crippen LogP contribution in [0.4, 0.5) is 16.2 Å². The molecule has 1 saturated heterocycles. The first kappa shape index (κ1) is 24.3. The van der Waals surface area contributed by atoms with Crippen molar-refractivity contribution in [3.63, 3.8) is 0 Å². The normalized spacial score (nSPS) is 21.1. The highest BCUT2D eigenvalue weighted by Crippen LogP contribution is 2.45. The van der Waals surface area contributed by atoms with Crippen molar-refractivity contribution in [2.75, 3.05) is 16.3 Å². The molecule has 1 N–H and O–H groups in total. The molecule has 0 aromatic heterocycles. The van der Waals surface area contributed by atoms with Crippen LogP contribution in [-0.2, 0) is 9.59 Å². The van der Waals surface area contributed by atoms with Gasteiger partial charge in [0.2, 0.25) is 0 Å². The lowest BCUT2D eigenvalue weighted by molar-refractivity contribution is -0.122. The van der Waals surface area contributed by atoms with Crippen molar-refractivity contribution in [3.8, 4) is 0 Å². The number of halogens is 2. The van der Waals surface area contributed by atoms with Crippen molar-refractivity contribution in [2.45, 2.75) is 52.0 Å². The molecule has 0 aliphatic carbocycles. The van der Waals surface area contributed by atoms with E-state index in [0.717, 1.165) is 35.5 Å². The summed E-state index contributed by atoms with van der Waals surface area (Å²) < 4.78 is 0. The van der Waals surface area contributed by atoms with Gasteiger partial charge in [-0.2, -0.15) is 0 Å². The van der Waals surface area contributed by atoms with Crippen LogP contribution in [0.3, 0.4) is 0 Å². The van der Waals surface area contributed by atoms with Crippen molar-refractivity contribution in [2.24, 2.45) is 0 Å². The second-order valence-corrected chi connectivity index (χ2v) is 10.3. The molecule has 4 amide bonds. The first-order valence-corrected chi connectivity index (χ1v) is 12.1. The highest BCUT2D eigenvalue weighted by atomic mass is 35.5. The third-order valence-electron chi connectivity index (χ3n) is 6.44. The zero-order valence-corrected chi connectivity index (χ0v) is 21.1. The van der Waals surface area contributed by atoms with Gasteiger partial charge in [-0.1, -0.05) is 37.0 Å². The predicted molar refractivity (Wildman–Crippen MR) is 137 cm³/mol. The Labute approximate surface area is 209 Å². The fourth-order valence-corrected chi connectivity index (χ4v) is 5.25. The molecule has 1 unspecified atom stereocenters. The lowest BCUT2D eigenvalue weighted by Crippen LogP contribution is -2.54. The molecule has 2 aromatic carbocycles. The molecule has 0 radical (unpaired) electrons. The van der Waals surface area contributed by atoms with Crippen LogP contribution in [0.2, 0.25) is 10.0 Å². The van der Waals surface area contributed by atoms with E-state index in [1.165, 1.54) is 6.08 Å². The van der Waals surface area contributed by atoms with E-state index in [4.69, 9.17) is 23.2 Å². The first-order valence-electron chi connectivity index (χ1n) is 11.3. The van der Waals surface area contributed by atoms with Gasteiger partial charge in [-0.3, -0.25) is 14.9 Å². The van der Waals surface area contributed by atoms with Gasteiger partial charge in [-0.15, -0.1) is 0 Å². The van der Waals surface area contributed by atoms with E-state index in [1.54, 1.807) is 24.3 Å². The summed E-state index contributed by atoms with van der Waals surface area (Å²) in [6, 6.07) is 9.30. The molecule has 1 fully saturated rings. The molecule has 178 valence electrons. The molecular weight excluding hydrogens is 473 g/mol. The molecule has 0 saturated carbocycles. The van der Waals surface area contributed by atoms with E-state index in [0.29, 0.717) is 21.3 Å². The van der Waals surface area contributed by atoms with Crippen molar-refractivity contribution < 1.29 is 14.4 Å². The van der Waals surface area contributed by atoms with Gasteiger partial charge in [-0.05, 0) is 86.2 Å². The number of anilines is 2. The molecule has 34 heavy (non-hydrogen) atoms. The predicted octanol–water partition coefficient (Wildman–Crippen LogP) is 6.16. The van der Waals surface area contributed by atoms with Gasteiger partial charge in [0.05, 0.1) is 5.69 Å². The maximum atomic E-state index is 13.2. The highest BCUT2D eigenvalue weighted by molar-refractivity contribution is 6.40. The summed E-state index contributed by atoms with van der Waals surface area (Å²) in [4.78, 5) is 41.6. The summed E-state index contributed by atoms with van der Waals surface area (Å²) in [5.41, 5.74) is 2.91. The van der Waals surface area contributed by atoms with Gasteiger partial charge >= 0.3 is 6.03 Å². The third kappa shape index (κ3) is 4.32. The van der Waals surface area contributed by atoms with Crippen LogP contribution >= 0.6 is 23.2 Å². The molecule has 0 bridgehead atoms. The minimum absolute atomic E-state index is 0.00952. The average molecular weight is 500 g/mol. The van der Waals surface area contributed by atoms with Crippen LogP contribution in [0.1, 0.15) is 57.6 Å². The number of benzene rings is 2. The Hall–Kier alpha value is -2.83. The number of rotatable bonds is 4. The number of amides is 4. The Morgan fingerprint density at radius 1 is 1.12 bits per heavy atom. The standard InChI is InChI=1S/C26H27Cl2N3O3/c1-5-10-30-22-13-21(28)16(11-19(22)15(2)14-26(30,3)4)12-20-23(32)29-25(34)31(24(20)33)18-8-6-17(27)7-9-18/h6-9,11-13,15H,5,10,14H2,1-4H3,(H,29,32,34)/b20-12-. The fourth-order valence-electron chi connectivity index (χ4n) is 4.92. The maximum Gasteiger partial charge on any atom is 0.335 e. The summed E-state index contributed by atoms with van der Waals surface area (Å²) in [6.45, 7) is 9.70. The van der Waals surface area contributed by atoms with Crippen LogP contribution in [-0.4, -0.2) is 29.9 Å². The largest absolute Gasteiger partial charge is 0.366 e. The Bertz CT molecular complexity index is 1200. The molecule has 0 spiro atoms. The molecule has 2 aromatic rings. The Morgan fingerprint density at radius 2 is 1.79 bits per heavy atom. The van der Waals surface area contributed by atoms with E-state index >= 15 is 0 Å². The molecular formula is C26H27Cl2N3O3. The number of hydrogen-bond donors (Lipinski definition) is 1. The van der Waals surface area contributed by atoms with Gasteiger partial charge in [0.15, 0.2) is 0 Å². The minimum atomic E-state index is -0.808. The monoisotopic (exact) mass is 499 g/mol. The van der Waals surface area contributed by atoms with E-state index in [-0.39, 0.29) is 17.0 Å². The van der Waals surface area contributed by atoms with Gasteiger partial charge in [-0.25, -0.2) is 9.69 Å². The van der Waals surface area contributed by atoms with E-state index in [9.17, 15) is 14.4 Å². The number of nitrogens with one attached hydrogen (secondary N) is 1. The van der Waals surface area contributed by atoms with Gasteiger partial charge in [0.1, 0.15) is 5.57 Å². The molecule has 6 nitrogen and oxygen atoms in total.